The number of para-hydroxylation sites is 2. The number of carbonyl (C=O) groups excluding carboxylic acids is 1. The first-order chi connectivity index (χ1) is 17.1. The van der Waals surface area contributed by atoms with Gasteiger partial charge in [-0.25, -0.2) is 0 Å². The largest absolute Gasteiger partial charge is 0.453 e. The minimum Gasteiger partial charge on any atom is -0.453 e. The fourth-order valence-electron chi connectivity index (χ4n) is 4.54. The van der Waals surface area contributed by atoms with Crippen LogP contribution < -0.4 is 9.47 Å². The number of ether oxygens (including phenoxy) is 3. The van der Waals surface area contributed by atoms with E-state index in [9.17, 15) is 25.2 Å². The van der Waals surface area contributed by atoms with Gasteiger partial charge in [0.25, 0.3) is 5.79 Å². The topological polar surface area (TPSA) is 135 Å². The van der Waals surface area contributed by atoms with Crippen molar-refractivity contribution in [2.75, 3.05) is 6.61 Å². The first kappa shape index (κ1) is 28.3. The van der Waals surface area contributed by atoms with Crippen LogP contribution in [0.5, 0.6) is 11.5 Å². The van der Waals surface area contributed by atoms with Crippen molar-refractivity contribution >= 4 is 14.1 Å². The zero-order chi connectivity index (χ0) is 26.6. The molecular formula is C26H36O9Si. The monoisotopic (exact) mass is 520 g/mol. The van der Waals surface area contributed by atoms with E-state index in [2.05, 4.69) is 0 Å². The summed E-state index contributed by atoms with van der Waals surface area (Å²) in [6.07, 6.45) is -3.60. The molecule has 0 unspecified atom stereocenters. The van der Waals surface area contributed by atoms with Crippen LogP contribution in [-0.2, 0) is 14.0 Å². The van der Waals surface area contributed by atoms with Gasteiger partial charge in [0, 0.05) is 6.92 Å². The molecule has 10 heteroatoms. The Hall–Kier alpha value is -2.31. The summed E-state index contributed by atoms with van der Waals surface area (Å²) in [4.78, 5) is 13.5. The van der Waals surface area contributed by atoms with Crippen molar-refractivity contribution in [3.05, 3.63) is 60.7 Å². The molecule has 2 aromatic rings. The predicted molar refractivity (Wildman–Crippen MR) is 134 cm³/mol. The fraction of sp³-hybridized carbons (Fsp3) is 0.500. The maximum Gasteiger partial charge on any atom is 0.339 e. The lowest BCUT2D eigenvalue weighted by Crippen LogP contribution is -2.86. The molecule has 0 aliphatic carbocycles. The highest BCUT2D eigenvalue weighted by atomic mass is 28.4. The van der Waals surface area contributed by atoms with Crippen LogP contribution in [0, 0.1) is 0 Å². The standard InChI is InChI=1S/C26H36O9Si/c1-5-36(6-2,7-3)35-25(19(4)28)26(31,33-21-16-12-9-13-17-21)24(30,23(29)22(18-27)34-25)32-20-14-10-8-11-15-20/h8-17,22-23,27,29-31H,5-7,18H2,1-4H3/t22-,23-,24-,25+,26+/m1/s1. The lowest BCUT2D eigenvalue weighted by molar-refractivity contribution is -0.480. The van der Waals surface area contributed by atoms with Crippen molar-refractivity contribution in [2.24, 2.45) is 0 Å². The molecule has 5 atom stereocenters. The smallest absolute Gasteiger partial charge is 0.339 e. The van der Waals surface area contributed by atoms with Gasteiger partial charge in [-0.3, -0.25) is 4.79 Å². The van der Waals surface area contributed by atoms with Gasteiger partial charge in [0.05, 0.1) is 6.61 Å². The first-order valence-corrected chi connectivity index (χ1v) is 14.7. The molecule has 1 aliphatic heterocycles. The van der Waals surface area contributed by atoms with Crippen LogP contribution in [0.3, 0.4) is 0 Å². The summed E-state index contributed by atoms with van der Waals surface area (Å²) in [6.45, 7) is 6.07. The number of hydrogen-bond donors (Lipinski definition) is 4. The fourth-order valence-corrected chi connectivity index (χ4v) is 7.41. The molecule has 1 heterocycles. The van der Waals surface area contributed by atoms with Crippen LogP contribution >= 0.6 is 0 Å². The van der Waals surface area contributed by atoms with Crippen molar-refractivity contribution in [3.8, 4) is 11.5 Å². The number of benzene rings is 2. The van der Waals surface area contributed by atoms with Crippen LogP contribution in [0.1, 0.15) is 27.7 Å². The Bertz CT molecular complexity index is 995. The van der Waals surface area contributed by atoms with E-state index in [1.165, 1.54) is 24.3 Å². The quantitative estimate of drug-likeness (QED) is 0.260. The summed E-state index contributed by atoms with van der Waals surface area (Å²) in [5.74, 6) is -9.47. The number of Topliss-reactive ketones (excluding diaryl/α,β-unsaturated/α-hetero) is 1. The molecule has 3 rings (SSSR count). The Balaban J connectivity index is 2.32. The van der Waals surface area contributed by atoms with E-state index in [0.717, 1.165) is 6.92 Å². The highest BCUT2D eigenvalue weighted by molar-refractivity contribution is 6.73. The molecule has 0 saturated carbocycles. The number of ketones is 1. The third-order valence-electron chi connectivity index (χ3n) is 6.96. The number of carbonyl (C=O) groups is 1. The summed E-state index contributed by atoms with van der Waals surface area (Å²) >= 11 is 0. The normalized spacial score (nSPS) is 30.6. The highest BCUT2D eigenvalue weighted by Gasteiger charge is 2.80. The minimum absolute atomic E-state index is 0.0549. The minimum atomic E-state index is -3.11. The molecule has 0 bridgehead atoms. The van der Waals surface area contributed by atoms with Gasteiger partial charge in [-0.2, -0.15) is 0 Å². The third-order valence-corrected chi connectivity index (χ3v) is 11.6. The Morgan fingerprint density at radius 2 is 1.39 bits per heavy atom. The van der Waals surface area contributed by atoms with Gasteiger partial charge in [-0.1, -0.05) is 57.2 Å². The molecule has 0 aromatic heterocycles. The number of rotatable bonds is 11. The van der Waals surface area contributed by atoms with Gasteiger partial charge < -0.3 is 39.1 Å². The summed E-state index contributed by atoms with van der Waals surface area (Å²) in [7, 11) is -2.78. The second-order valence-corrected chi connectivity index (χ2v) is 13.7. The predicted octanol–water partition coefficient (Wildman–Crippen LogP) is 2.58. The van der Waals surface area contributed by atoms with E-state index in [1.54, 1.807) is 36.4 Å². The lowest BCUT2D eigenvalue weighted by atomic mass is 9.83. The Kier molecular flexibility index (Phi) is 8.61. The first-order valence-electron chi connectivity index (χ1n) is 12.2. The van der Waals surface area contributed by atoms with Crippen LogP contribution in [0.4, 0.5) is 0 Å². The average molecular weight is 521 g/mol. The molecule has 2 aromatic carbocycles. The Morgan fingerprint density at radius 1 is 0.917 bits per heavy atom. The van der Waals surface area contributed by atoms with E-state index < -0.39 is 50.3 Å². The van der Waals surface area contributed by atoms with Crippen molar-refractivity contribution in [3.63, 3.8) is 0 Å². The molecule has 198 valence electrons. The SMILES string of the molecule is CC[Si](CC)(CC)O[C@]1(C(C)=O)O[C@H](CO)[C@@H](O)[C@@](O)(Oc2ccccc2)[C@]1(O)Oc1ccccc1. The molecule has 0 amide bonds. The van der Waals surface area contributed by atoms with Gasteiger partial charge in [-0.15, -0.1) is 0 Å². The Labute approximate surface area is 212 Å². The van der Waals surface area contributed by atoms with Gasteiger partial charge in [-0.05, 0) is 42.4 Å². The van der Waals surface area contributed by atoms with Crippen molar-refractivity contribution in [2.45, 2.75) is 75.4 Å². The molecular weight excluding hydrogens is 484 g/mol. The van der Waals surface area contributed by atoms with Crippen molar-refractivity contribution in [1.29, 1.82) is 0 Å². The molecule has 4 N–H and O–H groups in total. The second kappa shape index (κ2) is 11.0. The molecule has 1 saturated heterocycles. The van der Waals surface area contributed by atoms with Crippen LogP contribution in [-0.4, -0.2) is 70.7 Å². The van der Waals surface area contributed by atoms with Crippen LogP contribution in [0.25, 0.3) is 0 Å². The molecule has 36 heavy (non-hydrogen) atoms. The average Bonchev–Trinajstić information content (AvgIpc) is 2.89. The van der Waals surface area contributed by atoms with Crippen molar-refractivity contribution < 1.29 is 43.9 Å². The lowest BCUT2D eigenvalue weighted by Gasteiger charge is -2.58. The zero-order valence-electron chi connectivity index (χ0n) is 21.1. The highest BCUT2D eigenvalue weighted by Crippen LogP contribution is 2.50. The van der Waals surface area contributed by atoms with E-state index in [0.29, 0.717) is 18.1 Å². The van der Waals surface area contributed by atoms with Gasteiger partial charge in [0.15, 0.2) is 20.2 Å². The summed E-state index contributed by atoms with van der Waals surface area (Å²) in [5, 5.41) is 45.6. The van der Waals surface area contributed by atoms with E-state index >= 15 is 0 Å². The van der Waals surface area contributed by atoms with Gasteiger partial charge in [0.1, 0.15) is 17.6 Å². The summed E-state index contributed by atoms with van der Waals surface area (Å²) < 4.78 is 24.2. The summed E-state index contributed by atoms with van der Waals surface area (Å²) in [6, 6.07) is 17.6. The molecule has 9 nitrogen and oxygen atoms in total. The molecule has 0 spiro atoms. The van der Waals surface area contributed by atoms with E-state index in [1.807, 2.05) is 20.8 Å². The number of hydrogen-bond acceptors (Lipinski definition) is 9. The second-order valence-electron chi connectivity index (χ2n) is 8.97. The number of aliphatic hydroxyl groups is 4. The van der Waals surface area contributed by atoms with Crippen molar-refractivity contribution in [1.82, 2.24) is 0 Å². The Morgan fingerprint density at radius 3 is 1.81 bits per heavy atom. The van der Waals surface area contributed by atoms with Gasteiger partial charge in [0.2, 0.25) is 0 Å². The molecule has 0 radical (unpaired) electrons. The van der Waals surface area contributed by atoms with Crippen LogP contribution in [0.2, 0.25) is 18.1 Å². The molecule has 1 fully saturated rings. The van der Waals surface area contributed by atoms with E-state index in [-0.39, 0.29) is 11.5 Å². The summed E-state index contributed by atoms with van der Waals surface area (Å²) in [5.41, 5.74) is 0. The zero-order valence-corrected chi connectivity index (χ0v) is 22.1. The van der Waals surface area contributed by atoms with Crippen LogP contribution in [0.15, 0.2) is 60.7 Å². The third kappa shape index (κ3) is 4.70. The van der Waals surface area contributed by atoms with Gasteiger partial charge >= 0.3 is 11.6 Å². The maximum absolute atomic E-state index is 13.5. The molecule has 1 aliphatic rings. The van der Waals surface area contributed by atoms with E-state index in [4.69, 9.17) is 18.6 Å². The number of aliphatic hydroxyl groups excluding tert-OH is 2. The maximum atomic E-state index is 13.5.